The summed E-state index contributed by atoms with van der Waals surface area (Å²) in [5, 5.41) is 14.5. The average molecular weight is 421 g/mol. The van der Waals surface area contributed by atoms with Crippen molar-refractivity contribution in [2.45, 2.75) is 13.2 Å². The van der Waals surface area contributed by atoms with Crippen molar-refractivity contribution in [3.05, 3.63) is 94.3 Å². The van der Waals surface area contributed by atoms with E-state index in [1.54, 1.807) is 18.2 Å². The Morgan fingerprint density at radius 2 is 1.81 bits per heavy atom. The molecule has 0 bridgehead atoms. The Morgan fingerprint density at radius 3 is 2.55 bits per heavy atom. The van der Waals surface area contributed by atoms with Gasteiger partial charge in [-0.2, -0.15) is 4.98 Å². The van der Waals surface area contributed by atoms with Crippen LogP contribution in [0.1, 0.15) is 22.0 Å². The highest BCUT2D eigenvalue weighted by atomic mass is 16.6. The number of aromatic nitrogens is 2. The Labute approximate surface area is 175 Å². The number of nitro groups is 1. The summed E-state index contributed by atoms with van der Waals surface area (Å²) < 4.78 is 21.1. The predicted octanol–water partition coefficient (Wildman–Crippen LogP) is 4.17. The van der Waals surface area contributed by atoms with Gasteiger partial charge in [0.15, 0.2) is 6.61 Å². The molecule has 0 aliphatic rings. The van der Waals surface area contributed by atoms with E-state index in [9.17, 15) is 14.9 Å². The number of nitro benzene ring substituents is 1. The van der Waals surface area contributed by atoms with Gasteiger partial charge in [-0.1, -0.05) is 23.4 Å². The van der Waals surface area contributed by atoms with Crippen molar-refractivity contribution in [2.24, 2.45) is 0 Å². The molecular formula is C21H15N3O7. The average Bonchev–Trinajstić information content (AvgIpc) is 3.46. The third-order valence-electron chi connectivity index (χ3n) is 4.20. The Bertz CT molecular complexity index is 1180. The highest BCUT2D eigenvalue weighted by molar-refractivity contribution is 5.87. The van der Waals surface area contributed by atoms with Crippen LogP contribution < -0.4 is 4.74 Å². The van der Waals surface area contributed by atoms with Crippen LogP contribution in [0.5, 0.6) is 5.75 Å². The maximum atomic E-state index is 12.4. The highest BCUT2D eigenvalue weighted by Gasteiger charge is 2.19. The summed E-state index contributed by atoms with van der Waals surface area (Å²) in [6.45, 7) is -0.131. The van der Waals surface area contributed by atoms with Crippen LogP contribution in [0.2, 0.25) is 0 Å². The van der Waals surface area contributed by atoms with Crippen molar-refractivity contribution in [1.29, 1.82) is 0 Å². The smallest absolute Gasteiger partial charge is 0.375 e. The first-order valence-corrected chi connectivity index (χ1v) is 9.09. The summed E-state index contributed by atoms with van der Waals surface area (Å²) in [6.07, 6.45) is 1.37. The van der Waals surface area contributed by atoms with Crippen LogP contribution in [0, 0.1) is 10.1 Å². The minimum atomic E-state index is -0.702. The van der Waals surface area contributed by atoms with E-state index in [1.165, 1.54) is 30.5 Å². The fourth-order valence-corrected chi connectivity index (χ4v) is 2.66. The molecule has 0 N–H and O–H groups in total. The highest BCUT2D eigenvalue weighted by Crippen LogP contribution is 2.21. The third kappa shape index (κ3) is 4.75. The number of esters is 1. The fraction of sp³-hybridized carbons (Fsp3) is 0.0952. The molecular weight excluding hydrogens is 406 g/mol. The normalized spacial score (nSPS) is 10.6. The van der Waals surface area contributed by atoms with Crippen LogP contribution in [0.25, 0.3) is 11.4 Å². The monoisotopic (exact) mass is 421 g/mol. The molecule has 156 valence electrons. The number of rotatable bonds is 8. The van der Waals surface area contributed by atoms with Gasteiger partial charge in [-0.25, -0.2) is 4.79 Å². The summed E-state index contributed by atoms with van der Waals surface area (Å²) in [6, 6.07) is 16.5. The molecule has 0 radical (unpaired) electrons. The maximum Gasteiger partial charge on any atom is 0.375 e. The zero-order valence-corrected chi connectivity index (χ0v) is 16.0. The molecule has 0 atom stereocenters. The van der Waals surface area contributed by atoms with E-state index in [0.717, 1.165) is 0 Å². The van der Waals surface area contributed by atoms with Gasteiger partial charge in [0.25, 0.3) is 11.6 Å². The molecule has 0 fully saturated rings. The molecule has 10 heteroatoms. The summed E-state index contributed by atoms with van der Waals surface area (Å²) in [5.41, 5.74) is 1.01. The van der Waals surface area contributed by atoms with Gasteiger partial charge in [0.05, 0.1) is 11.2 Å². The summed E-state index contributed by atoms with van der Waals surface area (Å²) in [7, 11) is 0. The lowest BCUT2D eigenvalue weighted by atomic mass is 10.2. The largest absolute Gasteiger partial charge is 0.489 e. The van der Waals surface area contributed by atoms with Gasteiger partial charge < -0.3 is 18.4 Å². The number of carbonyl (C=O) groups is 1. The molecule has 4 aromatic rings. The number of para-hydroxylation sites is 1. The molecule has 4 rings (SSSR count). The van der Waals surface area contributed by atoms with Gasteiger partial charge >= 0.3 is 5.97 Å². The van der Waals surface area contributed by atoms with Gasteiger partial charge in [0.2, 0.25) is 11.6 Å². The van der Waals surface area contributed by atoms with Crippen molar-refractivity contribution in [2.75, 3.05) is 0 Å². The number of nitrogens with zero attached hydrogens (tertiary/aromatic N) is 3. The van der Waals surface area contributed by atoms with E-state index in [1.807, 2.05) is 18.2 Å². The van der Waals surface area contributed by atoms with Gasteiger partial charge in [-0.3, -0.25) is 10.1 Å². The zero-order valence-electron chi connectivity index (χ0n) is 16.0. The Morgan fingerprint density at radius 1 is 1.03 bits per heavy atom. The number of hydrogen-bond donors (Lipinski definition) is 0. The lowest BCUT2D eigenvalue weighted by Crippen LogP contribution is -2.08. The van der Waals surface area contributed by atoms with Gasteiger partial charge in [0, 0.05) is 23.3 Å². The molecule has 2 heterocycles. The topological polar surface area (TPSA) is 131 Å². The molecule has 0 saturated carbocycles. The third-order valence-corrected chi connectivity index (χ3v) is 4.20. The SMILES string of the molecule is O=C(OCc1nc(-c2ccc([N+](=O)[O-])cc2)no1)c1occc1COc1ccccc1. The summed E-state index contributed by atoms with van der Waals surface area (Å²) in [5.74, 6) is 0.261. The van der Waals surface area contributed by atoms with Crippen molar-refractivity contribution in [3.8, 4) is 17.1 Å². The van der Waals surface area contributed by atoms with Crippen LogP contribution in [0.15, 0.2) is 75.9 Å². The second-order valence-corrected chi connectivity index (χ2v) is 6.27. The minimum absolute atomic E-state index is 0.0195. The molecule has 0 saturated heterocycles. The second kappa shape index (κ2) is 8.91. The fourth-order valence-electron chi connectivity index (χ4n) is 2.66. The summed E-state index contributed by atoms with van der Waals surface area (Å²) in [4.78, 5) is 26.7. The van der Waals surface area contributed by atoms with E-state index < -0.39 is 10.9 Å². The standard InChI is InChI=1S/C21H15N3O7/c25-21(19-15(10-11-28-19)12-29-17-4-2-1-3-5-17)30-13-18-22-20(23-31-18)14-6-8-16(9-7-14)24(26)27/h1-11H,12-13H2. The predicted molar refractivity (Wildman–Crippen MR) is 105 cm³/mol. The minimum Gasteiger partial charge on any atom is -0.489 e. The molecule has 0 aliphatic carbocycles. The van der Waals surface area contributed by atoms with Crippen molar-refractivity contribution in [1.82, 2.24) is 10.1 Å². The molecule has 2 aromatic heterocycles. The van der Waals surface area contributed by atoms with Crippen molar-refractivity contribution in [3.63, 3.8) is 0 Å². The molecule has 10 nitrogen and oxygen atoms in total. The first-order valence-electron chi connectivity index (χ1n) is 9.09. The number of benzene rings is 2. The number of hydrogen-bond acceptors (Lipinski definition) is 9. The lowest BCUT2D eigenvalue weighted by Gasteiger charge is -2.06. The van der Waals surface area contributed by atoms with Crippen molar-refractivity contribution >= 4 is 11.7 Å². The number of non-ortho nitro benzene ring substituents is 1. The zero-order chi connectivity index (χ0) is 21.6. The van der Waals surface area contributed by atoms with Crippen LogP contribution in [-0.4, -0.2) is 21.0 Å². The van der Waals surface area contributed by atoms with Gasteiger partial charge in [-0.15, -0.1) is 0 Å². The quantitative estimate of drug-likeness (QED) is 0.233. The lowest BCUT2D eigenvalue weighted by molar-refractivity contribution is -0.384. The maximum absolute atomic E-state index is 12.4. The van der Waals surface area contributed by atoms with Crippen LogP contribution >= 0.6 is 0 Å². The van der Waals surface area contributed by atoms with Crippen molar-refractivity contribution < 1.29 is 28.1 Å². The number of carbonyl (C=O) groups excluding carboxylic acids is 1. The summed E-state index contributed by atoms with van der Waals surface area (Å²) >= 11 is 0. The molecule has 2 aromatic carbocycles. The van der Waals surface area contributed by atoms with Gasteiger partial charge in [0.1, 0.15) is 12.4 Å². The molecule has 0 unspecified atom stereocenters. The van der Waals surface area contributed by atoms with E-state index in [4.69, 9.17) is 18.4 Å². The number of ether oxygens (including phenoxy) is 2. The first kappa shape index (κ1) is 19.8. The number of furan rings is 1. The molecule has 0 aliphatic heterocycles. The van der Waals surface area contributed by atoms with Gasteiger partial charge in [-0.05, 0) is 30.3 Å². The Balaban J connectivity index is 1.35. The second-order valence-electron chi connectivity index (χ2n) is 6.27. The molecule has 0 spiro atoms. The molecule has 0 amide bonds. The van der Waals surface area contributed by atoms with Crippen LogP contribution in [0.4, 0.5) is 5.69 Å². The molecule has 31 heavy (non-hydrogen) atoms. The Kier molecular flexibility index (Phi) is 5.70. The van der Waals surface area contributed by atoms with E-state index in [0.29, 0.717) is 16.9 Å². The van der Waals surface area contributed by atoms with E-state index >= 15 is 0 Å². The van der Waals surface area contributed by atoms with E-state index in [2.05, 4.69) is 10.1 Å². The Hall–Kier alpha value is -4.47. The first-order chi connectivity index (χ1) is 15.1. The van der Waals surface area contributed by atoms with Crippen LogP contribution in [0.3, 0.4) is 0 Å². The van der Waals surface area contributed by atoms with Crippen LogP contribution in [-0.2, 0) is 18.0 Å². The van der Waals surface area contributed by atoms with E-state index in [-0.39, 0.29) is 36.4 Å².